The van der Waals surface area contributed by atoms with E-state index in [1.807, 2.05) is 6.92 Å². The van der Waals surface area contributed by atoms with E-state index < -0.39 is 54.5 Å². The summed E-state index contributed by atoms with van der Waals surface area (Å²) < 4.78 is 32.2. The molecule has 1 saturated heterocycles. The van der Waals surface area contributed by atoms with E-state index in [0.29, 0.717) is 6.61 Å². The van der Waals surface area contributed by atoms with E-state index in [1.165, 1.54) is 6.92 Å². The number of hydrogen-bond donors (Lipinski definition) is 1. The van der Waals surface area contributed by atoms with Crippen LogP contribution in [0.2, 0.25) is 0 Å². The second-order valence-electron chi connectivity index (χ2n) is 6.75. The largest absolute Gasteiger partial charge is 0.471 e. The maximum absolute atomic E-state index is 11.8. The molecule has 0 bridgehead atoms. The monoisotopic (exact) mass is 463 g/mol. The summed E-state index contributed by atoms with van der Waals surface area (Å²) in [6, 6.07) is 0. The molecule has 1 fully saturated rings. The van der Waals surface area contributed by atoms with Crippen molar-refractivity contribution in [3.63, 3.8) is 0 Å². The number of unbranched alkanes of at least 4 members (excludes halogenated alkanes) is 1. The van der Waals surface area contributed by atoms with Gasteiger partial charge in [0.05, 0.1) is 6.61 Å². The number of rotatable bonds is 9. The zero-order chi connectivity index (χ0) is 23.6. The van der Waals surface area contributed by atoms with Crippen LogP contribution in [0.3, 0.4) is 0 Å². The number of carbonyl (C=O) groups is 4. The molecule has 0 aromatic rings. The van der Waals surface area contributed by atoms with Gasteiger partial charge in [0.2, 0.25) is 0 Å². The molecule has 12 heteroatoms. The van der Waals surface area contributed by atoms with Crippen molar-refractivity contribution in [3.05, 3.63) is 0 Å². The summed E-state index contributed by atoms with van der Waals surface area (Å²) in [6.45, 7) is 6.67. The molecule has 176 valence electrons. The van der Waals surface area contributed by atoms with Crippen LogP contribution in [0.25, 0.3) is 0 Å². The van der Waals surface area contributed by atoms with Crippen molar-refractivity contribution in [2.75, 3.05) is 13.2 Å². The van der Waals surface area contributed by atoms with E-state index in [1.54, 1.807) is 0 Å². The number of nitrogens with one attached hydrogen (secondary N) is 1. The topological polar surface area (TPSA) is 136 Å². The Balaban J connectivity index is 3.23. The van der Waals surface area contributed by atoms with Crippen molar-refractivity contribution in [2.45, 2.75) is 78.1 Å². The molecule has 0 aromatic carbocycles. The highest BCUT2D eigenvalue weighted by molar-refractivity contribution is 7.80. The number of carbonyl (C=O) groups excluding carboxylic acids is 4. The van der Waals surface area contributed by atoms with E-state index in [-0.39, 0.29) is 11.8 Å². The van der Waals surface area contributed by atoms with Crippen molar-refractivity contribution < 1.29 is 47.6 Å². The summed E-state index contributed by atoms with van der Waals surface area (Å²) in [5, 5.41) is 2.73. The van der Waals surface area contributed by atoms with Gasteiger partial charge >= 0.3 is 23.9 Å². The van der Waals surface area contributed by atoms with Crippen molar-refractivity contribution in [1.82, 2.24) is 5.32 Å². The van der Waals surface area contributed by atoms with Gasteiger partial charge in [-0.15, -0.1) is 0 Å². The Morgan fingerprint density at radius 2 is 1.39 bits per heavy atom. The first kappa shape index (κ1) is 26.6. The molecule has 1 aliphatic rings. The van der Waals surface area contributed by atoms with Crippen LogP contribution < -0.4 is 5.32 Å². The molecule has 0 spiro atoms. The first-order chi connectivity index (χ1) is 14.5. The number of esters is 4. The molecule has 1 rings (SSSR count). The van der Waals surface area contributed by atoms with E-state index in [4.69, 9.17) is 40.6 Å². The summed E-state index contributed by atoms with van der Waals surface area (Å²) in [7, 11) is 0. The van der Waals surface area contributed by atoms with E-state index in [9.17, 15) is 19.2 Å². The van der Waals surface area contributed by atoms with Crippen LogP contribution in [-0.2, 0) is 47.6 Å². The van der Waals surface area contributed by atoms with Crippen molar-refractivity contribution in [1.29, 1.82) is 0 Å². The van der Waals surface area contributed by atoms with Crippen LogP contribution in [0.15, 0.2) is 0 Å². The molecule has 31 heavy (non-hydrogen) atoms. The Kier molecular flexibility index (Phi) is 11.2. The van der Waals surface area contributed by atoms with Crippen molar-refractivity contribution in [3.8, 4) is 0 Å². The van der Waals surface area contributed by atoms with Crippen LogP contribution in [0.4, 0.5) is 0 Å². The Morgan fingerprint density at radius 3 is 1.90 bits per heavy atom. The summed E-state index contributed by atoms with van der Waals surface area (Å²) >= 11 is 5.15. The van der Waals surface area contributed by atoms with Crippen molar-refractivity contribution in [2.24, 2.45) is 0 Å². The number of ether oxygens (including phenoxy) is 6. The smallest absolute Gasteiger partial charge is 0.303 e. The molecule has 1 heterocycles. The average Bonchev–Trinajstić information content (AvgIpc) is 2.64. The molecule has 0 saturated carbocycles. The van der Waals surface area contributed by atoms with Gasteiger partial charge in [0.15, 0.2) is 24.5 Å². The first-order valence-electron chi connectivity index (χ1n) is 9.78. The summed E-state index contributed by atoms with van der Waals surface area (Å²) in [5.41, 5.74) is 0. The third kappa shape index (κ3) is 9.47. The van der Waals surface area contributed by atoms with Gasteiger partial charge in [-0.05, 0) is 18.6 Å². The highest BCUT2D eigenvalue weighted by atomic mass is 32.1. The molecule has 0 amide bonds. The molecule has 1 aliphatic heterocycles. The van der Waals surface area contributed by atoms with Gasteiger partial charge in [-0.2, -0.15) is 0 Å². The lowest BCUT2D eigenvalue weighted by atomic mass is 9.97. The lowest BCUT2D eigenvalue weighted by molar-refractivity contribution is -0.255. The minimum Gasteiger partial charge on any atom is -0.471 e. The zero-order valence-electron chi connectivity index (χ0n) is 18.2. The first-order valence-corrected chi connectivity index (χ1v) is 10.2. The van der Waals surface area contributed by atoms with E-state index in [2.05, 4.69) is 5.32 Å². The summed E-state index contributed by atoms with van der Waals surface area (Å²) in [4.78, 5) is 46.4. The minimum absolute atomic E-state index is 0.0330. The standard InChI is InChI=1S/C19H29NO10S/c1-6-7-8-25-19(31)20-18-17(29-13(5)24)16(28-12(4)23)15(27-11(3)22)14(30-18)9-26-10(2)21/h14-18H,6-9H2,1-5H3,(H,20,31)/t14-,15+,16+,17+,18-/m1/s1. The van der Waals surface area contributed by atoms with Gasteiger partial charge in [-0.3, -0.25) is 19.2 Å². The third-order valence-corrected chi connectivity index (χ3v) is 4.22. The minimum atomic E-state index is -1.27. The highest BCUT2D eigenvalue weighted by Crippen LogP contribution is 2.28. The van der Waals surface area contributed by atoms with Gasteiger partial charge < -0.3 is 33.7 Å². The van der Waals surface area contributed by atoms with Gasteiger partial charge in [0.25, 0.3) is 5.17 Å². The fourth-order valence-electron chi connectivity index (χ4n) is 2.81. The van der Waals surface area contributed by atoms with Crippen LogP contribution in [0.5, 0.6) is 0 Å². The lowest BCUT2D eigenvalue weighted by Gasteiger charge is -2.44. The van der Waals surface area contributed by atoms with E-state index in [0.717, 1.165) is 33.6 Å². The Bertz CT molecular complexity index is 670. The Morgan fingerprint density at radius 1 is 0.839 bits per heavy atom. The second kappa shape index (κ2) is 13.1. The molecule has 0 radical (unpaired) electrons. The third-order valence-electron chi connectivity index (χ3n) is 3.98. The molecule has 0 aromatic heterocycles. The average molecular weight is 464 g/mol. The summed E-state index contributed by atoms with van der Waals surface area (Å²) in [6.07, 6.45) is -4.28. The van der Waals surface area contributed by atoms with Crippen LogP contribution >= 0.6 is 12.2 Å². The van der Waals surface area contributed by atoms with Crippen LogP contribution in [-0.4, -0.2) is 72.9 Å². The predicted octanol–water partition coefficient (Wildman–Crippen LogP) is 0.761. The molecule has 0 aliphatic carbocycles. The van der Waals surface area contributed by atoms with Gasteiger partial charge in [-0.25, -0.2) is 0 Å². The molecular formula is C19H29NO10S. The fraction of sp³-hybridized carbons (Fsp3) is 0.737. The number of thiocarbonyl (C=S) groups is 1. The van der Waals surface area contributed by atoms with Crippen LogP contribution in [0, 0.1) is 0 Å². The Labute approximate surface area is 186 Å². The SMILES string of the molecule is CCCCOC(=S)N[C@@H]1O[C@H](COC(C)=O)[C@H](OC(C)=O)[C@H](OC(C)=O)[C@@H]1OC(C)=O. The fourth-order valence-corrected chi connectivity index (χ4v) is 3.01. The Hall–Kier alpha value is -2.47. The maximum atomic E-state index is 11.8. The lowest BCUT2D eigenvalue weighted by Crippen LogP contribution is -2.66. The maximum Gasteiger partial charge on any atom is 0.303 e. The van der Waals surface area contributed by atoms with Gasteiger partial charge in [-0.1, -0.05) is 13.3 Å². The number of hydrogen-bond acceptors (Lipinski definition) is 11. The summed E-state index contributed by atoms with van der Waals surface area (Å²) in [5.74, 6) is -2.72. The zero-order valence-corrected chi connectivity index (χ0v) is 19.0. The van der Waals surface area contributed by atoms with Crippen LogP contribution in [0.1, 0.15) is 47.5 Å². The molecule has 5 atom stereocenters. The van der Waals surface area contributed by atoms with Gasteiger partial charge in [0, 0.05) is 27.7 Å². The molecular weight excluding hydrogens is 434 g/mol. The molecule has 11 nitrogen and oxygen atoms in total. The molecule has 0 unspecified atom stereocenters. The van der Waals surface area contributed by atoms with E-state index >= 15 is 0 Å². The highest BCUT2D eigenvalue weighted by Gasteiger charge is 2.52. The normalized spacial score (nSPS) is 25.0. The quantitative estimate of drug-likeness (QED) is 0.224. The van der Waals surface area contributed by atoms with Crippen molar-refractivity contribution >= 4 is 41.3 Å². The second-order valence-corrected chi connectivity index (χ2v) is 7.12. The van der Waals surface area contributed by atoms with Gasteiger partial charge in [0.1, 0.15) is 12.7 Å². The predicted molar refractivity (Wildman–Crippen MR) is 109 cm³/mol. The molecule has 1 N–H and O–H groups in total.